The molecule has 0 aliphatic carbocycles. The maximum absolute atomic E-state index is 14.8. The zero-order valence-electron chi connectivity index (χ0n) is 24.0. The normalized spacial score (nSPS) is 18.9. The van der Waals surface area contributed by atoms with Crippen molar-refractivity contribution in [1.29, 1.82) is 0 Å². The Hall–Kier alpha value is -4.64. The van der Waals surface area contributed by atoms with Crippen LogP contribution in [0.1, 0.15) is 55.8 Å². The molecule has 0 radical (unpaired) electrons. The van der Waals surface area contributed by atoms with Gasteiger partial charge < -0.3 is 20.0 Å². The van der Waals surface area contributed by atoms with Crippen LogP contribution in [0.25, 0.3) is 16.7 Å². The number of aryl methyl sites for hydroxylation is 1. The Kier molecular flexibility index (Phi) is 8.13. The van der Waals surface area contributed by atoms with Gasteiger partial charge in [-0.3, -0.25) is 14.6 Å². The maximum atomic E-state index is 14.8. The number of anilines is 3. The van der Waals surface area contributed by atoms with Crippen molar-refractivity contribution < 1.29 is 22.8 Å². The maximum Gasteiger partial charge on any atom is 0.320 e. The molecule has 0 saturated carbocycles. The van der Waals surface area contributed by atoms with Crippen molar-refractivity contribution in [2.45, 2.75) is 45.6 Å². The molecule has 0 spiro atoms. The first-order valence-electron chi connectivity index (χ1n) is 14.3. The number of aromatic nitrogens is 3. The van der Waals surface area contributed by atoms with Crippen molar-refractivity contribution >= 4 is 46.4 Å². The zero-order chi connectivity index (χ0) is 31.0. The van der Waals surface area contributed by atoms with Gasteiger partial charge in [-0.05, 0) is 66.8 Å². The van der Waals surface area contributed by atoms with Gasteiger partial charge in [-0.25, -0.2) is 8.78 Å². The van der Waals surface area contributed by atoms with E-state index in [4.69, 9.17) is 16.0 Å². The smallest absolute Gasteiger partial charge is 0.320 e. The molecule has 2 aromatic heterocycles. The minimum absolute atomic E-state index is 0.129. The topological polar surface area (TPSA) is 113 Å². The van der Waals surface area contributed by atoms with Crippen LogP contribution in [0.4, 0.5) is 26.2 Å². The quantitative estimate of drug-likeness (QED) is 0.232. The summed E-state index contributed by atoms with van der Waals surface area (Å²) < 4.78 is 34.8. The van der Waals surface area contributed by atoms with Crippen LogP contribution in [0.2, 0.25) is 5.02 Å². The number of hydrogen-bond donors (Lipinski definition) is 2. The Labute approximate surface area is 257 Å². The highest BCUT2D eigenvalue weighted by atomic mass is 35.5. The standard InChI is InChI=1S/C32H29ClF2N6O3/c1-17-4-3-5-27(41-13-11-20(15-28(41)42)29-24(34)9-8-23(33)30(29)35)26-14-19(10-12-36-26)22-7-6-21(16-25(22)38-31(17)43)37-32-40-39-18(2)44-32/h6-10,12,14-17,27H,3-5,11,13H2,1-2H3,(H,37,40)(H,38,43). The third-order valence-corrected chi connectivity index (χ3v) is 8.29. The van der Waals surface area contributed by atoms with Crippen LogP contribution < -0.4 is 10.6 Å². The Balaban J connectivity index is 1.35. The lowest BCUT2D eigenvalue weighted by molar-refractivity contribution is -0.129. The minimum atomic E-state index is -0.879. The van der Waals surface area contributed by atoms with Crippen LogP contribution in [-0.2, 0) is 9.59 Å². The SMILES string of the molecule is Cc1nnc(Nc2ccc3c(c2)NC(=O)C(C)CCCC(N2CCC(c4c(F)ccc(Cl)c4F)=CC2=O)c2cc-3ccn2)o1. The molecular weight excluding hydrogens is 590 g/mol. The van der Waals surface area contributed by atoms with Crippen molar-refractivity contribution in [2.75, 3.05) is 17.2 Å². The lowest BCUT2D eigenvalue weighted by Gasteiger charge is -2.34. The molecule has 2 aliphatic rings. The lowest BCUT2D eigenvalue weighted by atomic mass is 9.92. The summed E-state index contributed by atoms with van der Waals surface area (Å²) >= 11 is 5.91. The van der Waals surface area contributed by atoms with Gasteiger partial charge in [0, 0.05) is 42.9 Å². The molecule has 9 nitrogen and oxygen atoms in total. The molecule has 0 saturated heterocycles. The summed E-state index contributed by atoms with van der Waals surface area (Å²) in [6.07, 6.45) is 4.99. The molecule has 226 valence electrons. The molecule has 2 amide bonds. The van der Waals surface area contributed by atoms with E-state index in [-0.39, 0.29) is 52.9 Å². The number of carbonyl (C=O) groups is 2. The van der Waals surface area contributed by atoms with Gasteiger partial charge in [-0.1, -0.05) is 36.1 Å². The Morgan fingerprint density at radius 3 is 2.70 bits per heavy atom. The Morgan fingerprint density at radius 1 is 1.09 bits per heavy atom. The van der Waals surface area contributed by atoms with Gasteiger partial charge in [0.2, 0.25) is 17.7 Å². The molecular formula is C32H29ClF2N6O3. The van der Waals surface area contributed by atoms with Crippen LogP contribution in [0.3, 0.4) is 0 Å². The number of rotatable bonds is 4. The van der Waals surface area contributed by atoms with E-state index in [0.717, 1.165) is 23.3 Å². The fourth-order valence-electron chi connectivity index (χ4n) is 5.70. The van der Waals surface area contributed by atoms with Crippen molar-refractivity contribution in [3.8, 4) is 11.1 Å². The molecule has 0 fully saturated rings. The molecule has 2 bridgehead atoms. The number of hydrogen-bond acceptors (Lipinski definition) is 7. The van der Waals surface area contributed by atoms with E-state index in [1.165, 1.54) is 6.08 Å². The second kappa shape index (κ2) is 12.2. The van der Waals surface area contributed by atoms with Crippen LogP contribution in [0, 0.1) is 24.5 Å². The van der Waals surface area contributed by atoms with E-state index in [2.05, 4.69) is 25.8 Å². The fraction of sp³-hybridized carbons (Fsp3) is 0.281. The van der Waals surface area contributed by atoms with Crippen molar-refractivity contribution in [3.63, 3.8) is 0 Å². The number of nitrogens with zero attached hydrogens (tertiary/aromatic N) is 4. The molecule has 2 aromatic carbocycles. The minimum Gasteiger partial charge on any atom is -0.408 e. The highest BCUT2D eigenvalue weighted by Gasteiger charge is 2.31. The number of carbonyl (C=O) groups excluding carboxylic acids is 2. The Bertz CT molecular complexity index is 1790. The van der Waals surface area contributed by atoms with E-state index in [9.17, 15) is 18.4 Å². The van der Waals surface area contributed by atoms with Crippen molar-refractivity contribution in [3.05, 3.63) is 88.5 Å². The van der Waals surface area contributed by atoms with Crippen LogP contribution in [0.5, 0.6) is 0 Å². The van der Waals surface area contributed by atoms with Crippen LogP contribution >= 0.6 is 11.6 Å². The molecule has 2 N–H and O–H groups in total. The largest absolute Gasteiger partial charge is 0.408 e. The van der Waals surface area contributed by atoms with Gasteiger partial charge in [-0.15, -0.1) is 5.10 Å². The van der Waals surface area contributed by atoms with Crippen molar-refractivity contribution in [2.24, 2.45) is 5.92 Å². The van der Waals surface area contributed by atoms with Gasteiger partial charge in [0.25, 0.3) is 0 Å². The number of pyridine rings is 1. The monoisotopic (exact) mass is 618 g/mol. The van der Waals surface area contributed by atoms with Gasteiger partial charge in [0.1, 0.15) is 5.82 Å². The predicted molar refractivity (Wildman–Crippen MR) is 162 cm³/mol. The summed E-state index contributed by atoms with van der Waals surface area (Å²) in [7, 11) is 0. The summed E-state index contributed by atoms with van der Waals surface area (Å²) in [6, 6.07) is 11.4. The first-order chi connectivity index (χ1) is 21.2. The van der Waals surface area contributed by atoms with Crippen LogP contribution in [0.15, 0.2) is 59.2 Å². The second-order valence-electron chi connectivity index (χ2n) is 11.0. The summed E-state index contributed by atoms with van der Waals surface area (Å²) in [5.41, 5.74) is 3.47. The van der Waals surface area contributed by atoms with E-state index in [0.29, 0.717) is 42.2 Å². The lowest BCUT2D eigenvalue weighted by Crippen LogP contribution is -2.38. The molecule has 4 heterocycles. The predicted octanol–water partition coefficient (Wildman–Crippen LogP) is 7.23. The number of fused-ring (bicyclic) bond motifs is 4. The van der Waals surface area contributed by atoms with Gasteiger partial charge in [0.15, 0.2) is 5.82 Å². The van der Waals surface area contributed by atoms with E-state index >= 15 is 0 Å². The highest BCUT2D eigenvalue weighted by Crippen LogP contribution is 2.38. The number of amides is 2. The highest BCUT2D eigenvalue weighted by molar-refractivity contribution is 6.31. The zero-order valence-corrected chi connectivity index (χ0v) is 24.8. The van der Waals surface area contributed by atoms with E-state index < -0.39 is 17.7 Å². The van der Waals surface area contributed by atoms with Crippen LogP contribution in [-0.4, -0.2) is 38.4 Å². The molecule has 2 aliphatic heterocycles. The summed E-state index contributed by atoms with van der Waals surface area (Å²) in [6.45, 7) is 3.80. The van der Waals surface area contributed by atoms with Gasteiger partial charge in [0.05, 0.1) is 28.0 Å². The number of nitrogens with one attached hydrogen (secondary N) is 2. The third-order valence-electron chi connectivity index (χ3n) is 7.99. The molecule has 6 rings (SSSR count). The molecule has 12 heteroatoms. The first kappa shape index (κ1) is 29.4. The summed E-state index contributed by atoms with van der Waals surface area (Å²) in [5.74, 6) is -2.03. The molecule has 4 aromatic rings. The average Bonchev–Trinajstić information content (AvgIpc) is 3.41. The molecule has 2 atom stereocenters. The van der Waals surface area contributed by atoms with E-state index in [1.807, 2.05) is 31.2 Å². The van der Waals surface area contributed by atoms with E-state index in [1.54, 1.807) is 24.1 Å². The van der Waals surface area contributed by atoms with Gasteiger partial charge in [-0.2, -0.15) is 0 Å². The Morgan fingerprint density at radius 2 is 1.93 bits per heavy atom. The first-order valence-corrected chi connectivity index (χ1v) is 14.7. The number of benzene rings is 2. The molecule has 44 heavy (non-hydrogen) atoms. The fourth-order valence-corrected chi connectivity index (χ4v) is 5.85. The number of halogens is 3. The summed E-state index contributed by atoms with van der Waals surface area (Å²) in [4.78, 5) is 33.1. The average molecular weight is 619 g/mol. The molecule has 2 unspecified atom stereocenters. The third kappa shape index (κ3) is 5.92. The van der Waals surface area contributed by atoms with Gasteiger partial charge >= 0.3 is 6.01 Å². The summed E-state index contributed by atoms with van der Waals surface area (Å²) in [5, 5.41) is 13.7. The second-order valence-corrected chi connectivity index (χ2v) is 11.4. The van der Waals surface area contributed by atoms with Crippen molar-refractivity contribution in [1.82, 2.24) is 20.1 Å².